The Balaban J connectivity index is 0.00000450. The van der Waals surface area contributed by atoms with E-state index in [2.05, 4.69) is 20.9 Å². The number of halogens is 1. The van der Waals surface area contributed by atoms with Gasteiger partial charge in [-0.15, -0.1) is 24.0 Å². The lowest BCUT2D eigenvalue weighted by atomic mass is 10.1. The Labute approximate surface area is 197 Å². The Kier molecular flexibility index (Phi) is 12.1. The number of ether oxygens (including phenoxy) is 2. The number of benzene rings is 1. The molecule has 0 radical (unpaired) electrons. The van der Waals surface area contributed by atoms with Gasteiger partial charge in [0.05, 0.1) is 0 Å². The minimum Gasteiger partial charge on any atom is -0.444 e. The highest BCUT2D eigenvalue weighted by Crippen LogP contribution is 2.28. The van der Waals surface area contributed by atoms with Crippen LogP contribution in [0.2, 0.25) is 0 Å². The van der Waals surface area contributed by atoms with Gasteiger partial charge < -0.3 is 20.1 Å². The highest BCUT2D eigenvalue weighted by atomic mass is 127. The minimum atomic E-state index is -0.508. The fourth-order valence-corrected chi connectivity index (χ4v) is 2.64. The van der Waals surface area contributed by atoms with Crippen LogP contribution >= 0.6 is 24.0 Å². The summed E-state index contributed by atoms with van der Waals surface area (Å²) in [6.45, 7) is 8.85. The molecule has 0 saturated heterocycles. The molecule has 1 aromatic rings. The zero-order chi connectivity index (χ0) is 21.1. The molecule has 1 saturated carbocycles. The van der Waals surface area contributed by atoms with E-state index in [1.807, 2.05) is 45.0 Å². The highest BCUT2D eigenvalue weighted by Gasteiger charge is 2.20. The van der Waals surface area contributed by atoms with Gasteiger partial charge >= 0.3 is 6.09 Å². The summed E-state index contributed by atoms with van der Waals surface area (Å²) in [6, 6.07) is 7.77. The third-order valence-corrected chi connectivity index (χ3v) is 4.34. The molecule has 1 amide bonds. The van der Waals surface area contributed by atoms with Crippen LogP contribution in [0.1, 0.15) is 45.6 Å². The molecular weight excluding hydrogens is 495 g/mol. The zero-order valence-corrected chi connectivity index (χ0v) is 21.0. The Hall–Kier alpha value is -1.55. The number of carbonyl (C=O) groups excluding carboxylic acids is 1. The molecule has 1 aliphatic carbocycles. The third kappa shape index (κ3) is 12.2. The van der Waals surface area contributed by atoms with Gasteiger partial charge in [-0.1, -0.05) is 12.1 Å². The number of carbonyl (C=O) groups is 1. The highest BCUT2D eigenvalue weighted by molar-refractivity contribution is 14.0. The fraction of sp³-hybridized carbons (Fsp3) is 0.636. The fourth-order valence-electron chi connectivity index (χ4n) is 2.64. The summed E-state index contributed by atoms with van der Waals surface area (Å²) in [5.74, 6) is 1.62. The van der Waals surface area contributed by atoms with Gasteiger partial charge in [0, 0.05) is 39.0 Å². The average molecular weight is 532 g/mol. The summed E-state index contributed by atoms with van der Waals surface area (Å²) in [6.07, 6.45) is 4.05. The average Bonchev–Trinajstić information content (AvgIpc) is 3.47. The van der Waals surface area contributed by atoms with E-state index in [0.29, 0.717) is 0 Å². The normalized spacial score (nSPS) is 13.9. The van der Waals surface area contributed by atoms with Crippen LogP contribution in [0.4, 0.5) is 10.5 Å². The largest absolute Gasteiger partial charge is 0.444 e. The van der Waals surface area contributed by atoms with E-state index in [4.69, 9.17) is 9.47 Å². The molecule has 1 aromatic carbocycles. The quantitative estimate of drug-likeness (QED) is 0.182. The number of hydrogen-bond acceptors (Lipinski definition) is 4. The van der Waals surface area contributed by atoms with Crippen molar-refractivity contribution < 1.29 is 14.3 Å². The van der Waals surface area contributed by atoms with Gasteiger partial charge in [0.1, 0.15) is 5.60 Å². The van der Waals surface area contributed by atoms with Gasteiger partial charge in [0.25, 0.3) is 0 Å². The monoisotopic (exact) mass is 532 g/mol. The smallest absolute Gasteiger partial charge is 0.412 e. The van der Waals surface area contributed by atoms with Crippen molar-refractivity contribution in [2.75, 3.05) is 38.7 Å². The van der Waals surface area contributed by atoms with E-state index in [0.717, 1.165) is 56.7 Å². The molecule has 0 spiro atoms. The predicted octanol–water partition coefficient (Wildman–Crippen LogP) is 4.18. The number of aliphatic imine (C=N–C) groups is 1. The van der Waals surface area contributed by atoms with Gasteiger partial charge in [-0.25, -0.2) is 4.79 Å². The summed E-state index contributed by atoms with van der Waals surface area (Å²) >= 11 is 0. The van der Waals surface area contributed by atoms with Gasteiger partial charge in [0.15, 0.2) is 5.96 Å². The van der Waals surface area contributed by atoms with E-state index >= 15 is 0 Å². The van der Waals surface area contributed by atoms with Gasteiger partial charge in [0.2, 0.25) is 0 Å². The summed E-state index contributed by atoms with van der Waals surface area (Å²) in [5.41, 5.74) is 1.39. The SMILES string of the molecule is CN=C(NCCCOCC1CC1)NCCc1ccc(NC(=O)OC(C)(C)C)cc1.I. The molecule has 1 aliphatic rings. The molecule has 30 heavy (non-hydrogen) atoms. The minimum absolute atomic E-state index is 0. The molecule has 170 valence electrons. The van der Waals surface area contributed by atoms with Crippen molar-refractivity contribution in [2.45, 2.75) is 52.1 Å². The van der Waals surface area contributed by atoms with Crippen LogP contribution in [0.15, 0.2) is 29.3 Å². The van der Waals surface area contributed by atoms with Crippen LogP contribution in [0.5, 0.6) is 0 Å². The Morgan fingerprint density at radius 3 is 2.40 bits per heavy atom. The van der Waals surface area contributed by atoms with Crippen molar-refractivity contribution in [3.63, 3.8) is 0 Å². The lowest BCUT2D eigenvalue weighted by Crippen LogP contribution is -2.39. The van der Waals surface area contributed by atoms with Crippen LogP contribution in [-0.2, 0) is 15.9 Å². The zero-order valence-electron chi connectivity index (χ0n) is 18.6. The van der Waals surface area contributed by atoms with E-state index in [9.17, 15) is 4.79 Å². The number of rotatable bonds is 10. The molecule has 0 aromatic heterocycles. The first-order valence-corrected chi connectivity index (χ1v) is 10.5. The topological polar surface area (TPSA) is 84.0 Å². The summed E-state index contributed by atoms with van der Waals surface area (Å²) < 4.78 is 10.9. The van der Waals surface area contributed by atoms with Crippen molar-refractivity contribution >= 4 is 41.7 Å². The number of hydrogen-bond donors (Lipinski definition) is 3. The van der Waals surface area contributed by atoms with Gasteiger partial charge in [-0.3, -0.25) is 10.3 Å². The molecule has 8 heteroatoms. The molecule has 3 N–H and O–H groups in total. The first kappa shape index (κ1) is 26.5. The van der Waals surface area contributed by atoms with Crippen molar-refractivity contribution in [1.29, 1.82) is 0 Å². The van der Waals surface area contributed by atoms with E-state index < -0.39 is 11.7 Å². The number of nitrogens with one attached hydrogen (secondary N) is 3. The van der Waals surface area contributed by atoms with Crippen molar-refractivity contribution in [2.24, 2.45) is 10.9 Å². The maximum Gasteiger partial charge on any atom is 0.412 e. The van der Waals surface area contributed by atoms with Crippen LogP contribution in [0.25, 0.3) is 0 Å². The molecule has 0 bridgehead atoms. The predicted molar refractivity (Wildman–Crippen MR) is 133 cm³/mol. The second-order valence-corrected chi connectivity index (χ2v) is 8.37. The maximum absolute atomic E-state index is 11.8. The van der Waals surface area contributed by atoms with Crippen molar-refractivity contribution in [3.8, 4) is 0 Å². The number of nitrogens with zero attached hydrogens (tertiary/aromatic N) is 1. The lowest BCUT2D eigenvalue weighted by Gasteiger charge is -2.19. The van der Waals surface area contributed by atoms with Crippen LogP contribution in [0, 0.1) is 5.92 Å². The molecule has 0 unspecified atom stereocenters. The van der Waals surface area contributed by atoms with Crippen LogP contribution in [-0.4, -0.2) is 51.0 Å². The number of anilines is 1. The second-order valence-electron chi connectivity index (χ2n) is 8.37. The number of guanidine groups is 1. The molecule has 0 heterocycles. The Bertz CT molecular complexity index is 655. The summed E-state index contributed by atoms with van der Waals surface area (Å²) in [7, 11) is 1.77. The van der Waals surface area contributed by atoms with Crippen molar-refractivity contribution in [3.05, 3.63) is 29.8 Å². The van der Waals surface area contributed by atoms with Crippen molar-refractivity contribution in [1.82, 2.24) is 10.6 Å². The first-order valence-electron chi connectivity index (χ1n) is 10.5. The Morgan fingerprint density at radius 2 is 1.80 bits per heavy atom. The summed E-state index contributed by atoms with van der Waals surface area (Å²) in [4.78, 5) is 16.0. The molecule has 0 atom stereocenters. The van der Waals surface area contributed by atoms with Gasteiger partial charge in [-0.2, -0.15) is 0 Å². The van der Waals surface area contributed by atoms with Crippen LogP contribution < -0.4 is 16.0 Å². The maximum atomic E-state index is 11.8. The molecule has 2 rings (SSSR count). The molecule has 0 aliphatic heterocycles. The molecule has 1 fully saturated rings. The lowest BCUT2D eigenvalue weighted by molar-refractivity contribution is 0.0636. The standard InChI is InChI=1S/C22H36N4O3.HI/c1-22(2,3)29-21(27)26-19-10-8-17(9-11-19)12-14-25-20(23-4)24-13-5-15-28-16-18-6-7-18;/h8-11,18H,5-7,12-16H2,1-4H3,(H,26,27)(H2,23,24,25);1H. The molecule has 7 nitrogen and oxygen atoms in total. The van der Waals surface area contributed by atoms with Gasteiger partial charge in [-0.05, 0) is 70.1 Å². The number of amides is 1. The third-order valence-electron chi connectivity index (χ3n) is 4.34. The van der Waals surface area contributed by atoms with E-state index in [-0.39, 0.29) is 24.0 Å². The first-order chi connectivity index (χ1) is 13.9. The Morgan fingerprint density at radius 1 is 1.13 bits per heavy atom. The van der Waals surface area contributed by atoms with E-state index in [1.165, 1.54) is 18.4 Å². The second kappa shape index (κ2) is 13.7. The van der Waals surface area contributed by atoms with E-state index in [1.54, 1.807) is 7.05 Å². The molecular formula is C22H37IN4O3. The summed E-state index contributed by atoms with van der Waals surface area (Å²) in [5, 5.41) is 9.36. The van der Waals surface area contributed by atoms with Crippen LogP contribution in [0.3, 0.4) is 0 Å².